The topological polar surface area (TPSA) is 38.3 Å². The Kier molecular flexibility index (Phi) is 4.59. The minimum absolute atomic E-state index is 0.107. The highest BCUT2D eigenvalue weighted by Crippen LogP contribution is 2.22. The average molecular weight is 228 g/mol. The zero-order valence-corrected chi connectivity index (χ0v) is 9.60. The molecule has 0 saturated heterocycles. The normalized spacial score (nSPS) is 10.1. The molecule has 1 rings (SSSR count). The molecule has 0 amide bonds. The van der Waals surface area contributed by atoms with Gasteiger partial charge >= 0.3 is 0 Å². The smallest absolute Gasteiger partial charge is 0.143 e. The van der Waals surface area contributed by atoms with Crippen molar-refractivity contribution in [1.29, 1.82) is 0 Å². The van der Waals surface area contributed by atoms with E-state index < -0.39 is 0 Å². The molecule has 4 heteroatoms. The number of benzene rings is 1. The molecule has 0 aliphatic rings. The molecule has 0 atom stereocenters. The fourth-order valence-electron chi connectivity index (χ4n) is 1.26. The van der Waals surface area contributed by atoms with Crippen LogP contribution in [0.25, 0.3) is 0 Å². The Morgan fingerprint density at radius 2 is 2.27 bits per heavy atom. The van der Waals surface area contributed by atoms with Crippen molar-refractivity contribution in [2.24, 2.45) is 0 Å². The number of hydrogen-bond acceptors (Lipinski definition) is 3. The van der Waals surface area contributed by atoms with Crippen LogP contribution in [0.3, 0.4) is 0 Å². The maximum absolute atomic E-state index is 10.7. The number of Topliss-reactive ketones (excluding diaryl/α,β-unsaturated/α-hetero) is 1. The van der Waals surface area contributed by atoms with Crippen molar-refractivity contribution in [3.05, 3.63) is 28.8 Å². The van der Waals surface area contributed by atoms with E-state index in [1.165, 1.54) is 0 Å². The lowest BCUT2D eigenvalue weighted by molar-refractivity contribution is -0.116. The molecule has 15 heavy (non-hydrogen) atoms. The number of ketones is 1. The number of halogens is 1. The van der Waals surface area contributed by atoms with Crippen molar-refractivity contribution in [2.75, 3.05) is 13.7 Å². The van der Waals surface area contributed by atoms with Crippen LogP contribution < -0.4 is 10.1 Å². The summed E-state index contributed by atoms with van der Waals surface area (Å²) >= 11 is 5.86. The van der Waals surface area contributed by atoms with Crippen LogP contribution in [0, 0.1) is 0 Å². The summed E-state index contributed by atoms with van der Waals surface area (Å²) in [6.07, 6.45) is 0. The first-order valence-corrected chi connectivity index (χ1v) is 5.04. The monoisotopic (exact) mass is 227 g/mol. The van der Waals surface area contributed by atoms with Gasteiger partial charge in [0.1, 0.15) is 11.5 Å². The number of rotatable bonds is 5. The Bertz CT molecular complexity index is 352. The summed E-state index contributed by atoms with van der Waals surface area (Å²) in [5.41, 5.74) is 0.950. The molecule has 0 fully saturated rings. The minimum Gasteiger partial charge on any atom is -0.496 e. The van der Waals surface area contributed by atoms with Crippen LogP contribution in [0.5, 0.6) is 5.75 Å². The molecule has 1 aromatic rings. The molecule has 0 heterocycles. The third-order valence-electron chi connectivity index (χ3n) is 1.93. The first-order chi connectivity index (χ1) is 7.13. The van der Waals surface area contributed by atoms with E-state index >= 15 is 0 Å². The molecule has 1 N–H and O–H groups in total. The van der Waals surface area contributed by atoms with E-state index in [1.54, 1.807) is 20.1 Å². The fraction of sp³-hybridized carbons (Fsp3) is 0.364. The summed E-state index contributed by atoms with van der Waals surface area (Å²) < 4.78 is 5.17. The molecule has 0 aliphatic carbocycles. The molecule has 0 radical (unpaired) electrons. The second-order valence-electron chi connectivity index (χ2n) is 3.26. The van der Waals surface area contributed by atoms with Crippen LogP contribution >= 0.6 is 11.6 Å². The molecule has 82 valence electrons. The lowest BCUT2D eigenvalue weighted by Crippen LogP contribution is -2.20. The molecule has 0 spiro atoms. The summed E-state index contributed by atoms with van der Waals surface area (Å²) in [6, 6.07) is 5.41. The van der Waals surface area contributed by atoms with Crippen LogP contribution in [0.4, 0.5) is 0 Å². The fourth-order valence-corrected chi connectivity index (χ4v) is 1.45. The SMILES string of the molecule is COc1ccc(Cl)cc1CNCC(C)=O. The largest absolute Gasteiger partial charge is 0.496 e. The Hall–Kier alpha value is -1.06. The molecule has 0 aliphatic heterocycles. The van der Waals surface area contributed by atoms with Crippen molar-refractivity contribution < 1.29 is 9.53 Å². The Morgan fingerprint density at radius 1 is 1.53 bits per heavy atom. The molecule has 3 nitrogen and oxygen atoms in total. The minimum atomic E-state index is 0.107. The summed E-state index contributed by atoms with van der Waals surface area (Å²) in [7, 11) is 1.61. The molecule has 1 aromatic carbocycles. The van der Waals surface area contributed by atoms with Gasteiger partial charge in [-0.3, -0.25) is 4.79 Å². The van der Waals surface area contributed by atoms with Gasteiger partial charge in [-0.15, -0.1) is 0 Å². The Labute approximate surface area is 94.4 Å². The van der Waals surface area contributed by atoms with Crippen LogP contribution in [-0.4, -0.2) is 19.4 Å². The molecule has 0 aromatic heterocycles. The summed E-state index contributed by atoms with van der Waals surface area (Å²) in [6.45, 7) is 2.47. The second kappa shape index (κ2) is 5.73. The lowest BCUT2D eigenvalue weighted by atomic mass is 10.2. The molecule has 0 saturated carbocycles. The summed E-state index contributed by atoms with van der Waals surface area (Å²) in [4.78, 5) is 10.7. The predicted molar refractivity (Wildman–Crippen MR) is 60.4 cm³/mol. The maximum Gasteiger partial charge on any atom is 0.143 e. The third-order valence-corrected chi connectivity index (χ3v) is 2.17. The summed E-state index contributed by atoms with van der Waals surface area (Å²) in [5.74, 6) is 0.881. The van der Waals surface area contributed by atoms with E-state index in [9.17, 15) is 4.79 Å². The van der Waals surface area contributed by atoms with Gasteiger partial charge in [0.2, 0.25) is 0 Å². The van der Waals surface area contributed by atoms with E-state index in [0.29, 0.717) is 18.1 Å². The molecule has 0 bridgehead atoms. The second-order valence-corrected chi connectivity index (χ2v) is 3.70. The highest BCUT2D eigenvalue weighted by Gasteiger charge is 2.03. The van der Waals surface area contributed by atoms with Crippen molar-refractivity contribution in [1.82, 2.24) is 5.32 Å². The number of nitrogens with one attached hydrogen (secondary N) is 1. The molecular formula is C11H14ClNO2. The third kappa shape index (κ3) is 3.90. The standard InChI is InChI=1S/C11H14ClNO2/c1-8(14)6-13-7-9-5-10(12)3-4-11(9)15-2/h3-5,13H,6-7H2,1-2H3. The van der Waals surface area contributed by atoms with Crippen molar-refractivity contribution >= 4 is 17.4 Å². The van der Waals surface area contributed by atoms with E-state index in [2.05, 4.69) is 5.32 Å². The van der Waals surface area contributed by atoms with E-state index in [0.717, 1.165) is 11.3 Å². The quantitative estimate of drug-likeness (QED) is 0.837. The highest BCUT2D eigenvalue weighted by atomic mass is 35.5. The van der Waals surface area contributed by atoms with Gasteiger partial charge < -0.3 is 10.1 Å². The van der Waals surface area contributed by atoms with Gasteiger partial charge in [-0.05, 0) is 25.1 Å². The van der Waals surface area contributed by atoms with Gasteiger partial charge in [-0.1, -0.05) is 11.6 Å². The zero-order chi connectivity index (χ0) is 11.3. The number of methoxy groups -OCH3 is 1. The molecule has 0 unspecified atom stereocenters. The van der Waals surface area contributed by atoms with Gasteiger partial charge in [0.25, 0.3) is 0 Å². The van der Waals surface area contributed by atoms with E-state index in [1.807, 2.05) is 12.1 Å². The van der Waals surface area contributed by atoms with Crippen molar-refractivity contribution in [3.8, 4) is 5.75 Å². The molecular weight excluding hydrogens is 214 g/mol. The van der Waals surface area contributed by atoms with Crippen LogP contribution in [0.1, 0.15) is 12.5 Å². The first kappa shape index (κ1) is 12.0. The van der Waals surface area contributed by atoms with Crippen LogP contribution in [-0.2, 0) is 11.3 Å². The average Bonchev–Trinajstić information content (AvgIpc) is 2.17. The van der Waals surface area contributed by atoms with Gasteiger partial charge in [-0.25, -0.2) is 0 Å². The lowest BCUT2D eigenvalue weighted by Gasteiger charge is -2.09. The number of hydrogen-bond donors (Lipinski definition) is 1. The van der Waals surface area contributed by atoms with Gasteiger partial charge in [0.15, 0.2) is 0 Å². The zero-order valence-electron chi connectivity index (χ0n) is 8.84. The van der Waals surface area contributed by atoms with Crippen LogP contribution in [0.15, 0.2) is 18.2 Å². The van der Waals surface area contributed by atoms with Crippen molar-refractivity contribution in [2.45, 2.75) is 13.5 Å². The maximum atomic E-state index is 10.7. The first-order valence-electron chi connectivity index (χ1n) is 4.66. The van der Waals surface area contributed by atoms with Crippen molar-refractivity contribution in [3.63, 3.8) is 0 Å². The number of carbonyl (C=O) groups excluding carboxylic acids is 1. The van der Waals surface area contributed by atoms with Gasteiger partial charge in [0, 0.05) is 17.1 Å². The van der Waals surface area contributed by atoms with E-state index in [-0.39, 0.29) is 5.78 Å². The number of carbonyl (C=O) groups is 1. The predicted octanol–water partition coefficient (Wildman–Crippen LogP) is 2.03. The highest BCUT2D eigenvalue weighted by molar-refractivity contribution is 6.30. The van der Waals surface area contributed by atoms with Crippen LogP contribution in [0.2, 0.25) is 5.02 Å². The van der Waals surface area contributed by atoms with Gasteiger partial charge in [-0.2, -0.15) is 0 Å². The summed E-state index contributed by atoms with van der Waals surface area (Å²) in [5, 5.41) is 3.68. The number of ether oxygens (including phenoxy) is 1. The Morgan fingerprint density at radius 3 is 2.87 bits per heavy atom. The van der Waals surface area contributed by atoms with E-state index in [4.69, 9.17) is 16.3 Å². The van der Waals surface area contributed by atoms with Gasteiger partial charge in [0.05, 0.1) is 13.7 Å². The Balaban J connectivity index is 2.65.